The number of benzene rings is 2. The fraction of sp³-hybridized carbons (Fsp3) is 0.118. The highest BCUT2D eigenvalue weighted by molar-refractivity contribution is 6.32. The molecule has 0 atom stereocenters. The number of halogens is 1. The van der Waals surface area contributed by atoms with E-state index in [1.54, 1.807) is 0 Å². The number of aryl methyl sites for hydroxylation is 1. The van der Waals surface area contributed by atoms with Crippen LogP contribution in [0.15, 0.2) is 54.6 Å². The lowest BCUT2D eigenvalue weighted by atomic mass is 10.2. The van der Waals surface area contributed by atoms with E-state index in [0.717, 1.165) is 28.5 Å². The van der Waals surface area contributed by atoms with Crippen molar-refractivity contribution in [1.29, 1.82) is 0 Å². The maximum atomic E-state index is 9.71. The number of hydrogen-bond acceptors (Lipinski definition) is 2. The standard InChI is InChI=1S/C17H15ClN2O/c1-12-16(11-21)20(15-10-6-5-9-14(15)18)17(19-12)13-7-3-2-4-8-13/h2-10,21H,11H2,1H3. The van der Waals surface area contributed by atoms with Crippen LogP contribution < -0.4 is 0 Å². The maximum Gasteiger partial charge on any atom is 0.145 e. The molecule has 0 amide bonds. The summed E-state index contributed by atoms with van der Waals surface area (Å²) >= 11 is 6.33. The molecule has 3 rings (SSSR count). The molecular weight excluding hydrogens is 284 g/mol. The molecule has 0 aliphatic heterocycles. The van der Waals surface area contributed by atoms with E-state index in [-0.39, 0.29) is 6.61 Å². The molecule has 0 saturated carbocycles. The summed E-state index contributed by atoms with van der Waals surface area (Å²) in [6.07, 6.45) is 0. The Balaban J connectivity index is 2.30. The van der Waals surface area contributed by atoms with Crippen LogP contribution in [0.3, 0.4) is 0 Å². The van der Waals surface area contributed by atoms with Gasteiger partial charge in [-0.2, -0.15) is 0 Å². The molecule has 0 aliphatic rings. The zero-order valence-electron chi connectivity index (χ0n) is 11.6. The second kappa shape index (κ2) is 5.72. The molecule has 4 heteroatoms. The fourth-order valence-corrected chi connectivity index (χ4v) is 2.64. The minimum Gasteiger partial charge on any atom is -0.390 e. The lowest BCUT2D eigenvalue weighted by Crippen LogP contribution is -2.03. The quantitative estimate of drug-likeness (QED) is 0.794. The third kappa shape index (κ3) is 2.46. The highest BCUT2D eigenvalue weighted by atomic mass is 35.5. The normalized spacial score (nSPS) is 10.8. The molecule has 2 aromatic carbocycles. The van der Waals surface area contributed by atoms with Gasteiger partial charge in [0, 0.05) is 5.56 Å². The van der Waals surface area contributed by atoms with E-state index < -0.39 is 0 Å². The van der Waals surface area contributed by atoms with Crippen molar-refractivity contribution in [3.63, 3.8) is 0 Å². The van der Waals surface area contributed by atoms with Crippen molar-refractivity contribution in [2.75, 3.05) is 0 Å². The van der Waals surface area contributed by atoms with Crippen molar-refractivity contribution < 1.29 is 5.11 Å². The van der Waals surface area contributed by atoms with E-state index in [4.69, 9.17) is 11.6 Å². The predicted octanol–water partition coefficient (Wildman–Crippen LogP) is 3.99. The topological polar surface area (TPSA) is 38.0 Å². The van der Waals surface area contributed by atoms with Crippen molar-refractivity contribution in [1.82, 2.24) is 9.55 Å². The Morgan fingerprint density at radius 3 is 2.38 bits per heavy atom. The lowest BCUT2D eigenvalue weighted by molar-refractivity contribution is 0.274. The van der Waals surface area contributed by atoms with Gasteiger partial charge in [-0.15, -0.1) is 0 Å². The number of rotatable bonds is 3. The molecule has 0 saturated heterocycles. The molecule has 1 aromatic heterocycles. The van der Waals surface area contributed by atoms with E-state index in [0.29, 0.717) is 5.02 Å². The Hall–Kier alpha value is -2.10. The van der Waals surface area contributed by atoms with Crippen LogP contribution in [0.25, 0.3) is 17.1 Å². The summed E-state index contributed by atoms with van der Waals surface area (Å²) in [5, 5.41) is 10.3. The molecular formula is C17H15ClN2O. The second-order valence-electron chi connectivity index (χ2n) is 4.78. The van der Waals surface area contributed by atoms with Crippen LogP contribution in [0.4, 0.5) is 0 Å². The van der Waals surface area contributed by atoms with Crippen LogP contribution in [0.1, 0.15) is 11.4 Å². The van der Waals surface area contributed by atoms with Crippen molar-refractivity contribution in [2.24, 2.45) is 0 Å². The van der Waals surface area contributed by atoms with Gasteiger partial charge in [0.1, 0.15) is 5.82 Å². The smallest absolute Gasteiger partial charge is 0.145 e. The van der Waals surface area contributed by atoms with Crippen molar-refractivity contribution in [2.45, 2.75) is 13.5 Å². The first-order valence-corrected chi connectivity index (χ1v) is 7.09. The van der Waals surface area contributed by atoms with E-state index in [1.807, 2.05) is 66.1 Å². The number of aromatic nitrogens is 2. The van der Waals surface area contributed by atoms with Gasteiger partial charge < -0.3 is 5.11 Å². The first kappa shape index (κ1) is 13.9. The molecule has 0 spiro atoms. The average molecular weight is 299 g/mol. The number of aliphatic hydroxyl groups is 1. The summed E-state index contributed by atoms with van der Waals surface area (Å²) in [4.78, 5) is 4.61. The Morgan fingerprint density at radius 1 is 1.05 bits per heavy atom. The van der Waals surface area contributed by atoms with Gasteiger partial charge in [-0.05, 0) is 19.1 Å². The van der Waals surface area contributed by atoms with Gasteiger partial charge in [-0.25, -0.2) is 4.98 Å². The van der Waals surface area contributed by atoms with Gasteiger partial charge in [0.25, 0.3) is 0 Å². The van der Waals surface area contributed by atoms with Crippen LogP contribution in [0.5, 0.6) is 0 Å². The zero-order chi connectivity index (χ0) is 14.8. The van der Waals surface area contributed by atoms with Crippen molar-refractivity contribution in [3.05, 3.63) is 71.0 Å². The molecule has 0 fully saturated rings. The number of hydrogen-bond donors (Lipinski definition) is 1. The first-order valence-electron chi connectivity index (χ1n) is 6.71. The minimum atomic E-state index is -0.0864. The highest BCUT2D eigenvalue weighted by Gasteiger charge is 2.18. The highest BCUT2D eigenvalue weighted by Crippen LogP contribution is 2.30. The van der Waals surface area contributed by atoms with Crippen LogP contribution in [0, 0.1) is 6.92 Å². The minimum absolute atomic E-state index is 0.0864. The summed E-state index contributed by atoms with van der Waals surface area (Å²) in [6.45, 7) is 1.81. The Labute approximate surface area is 128 Å². The second-order valence-corrected chi connectivity index (χ2v) is 5.19. The van der Waals surface area contributed by atoms with E-state index in [2.05, 4.69) is 4.98 Å². The fourth-order valence-electron chi connectivity index (χ4n) is 2.42. The van der Waals surface area contributed by atoms with E-state index in [1.165, 1.54) is 0 Å². The third-order valence-electron chi connectivity index (χ3n) is 3.45. The Bertz CT molecular complexity index is 766. The van der Waals surface area contributed by atoms with Gasteiger partial charge in [0.05, 0.1) is 28.7 Å². The summed E-state index contributed by atoms with van der Waals surface area (Å²) in [7, 11) is 0. The molecule has 106 valence electrons. The number of aliphatic hydroxyl groups excluding tert-OH is 1. The molecule has 0 bridgehead atoms. The molecule has 0 radical (unpaired) electrons. The van der Waals surface area contributed by atoms with Gasteiger partial charge in [-0.3, -0.25) is 4.57 Å². The Morgan fingerprint density at radius 2 is 1.71 bits per heavy atom. The van der Waals surface area contributed by atoms with Gasteiger partial charge in [0.2, 0.25) is 0 Å². The third-order valence-corrected chi connectivity index (χ3v) is 3.77. The number of imidazole rings is 1. The molecule has 3 nitrogen and oxygen atoms in total. The summed E-state index contributed by atoms with van der Waals surface area (Å²) in [5.41, 5.74) is 3.36. The maximum absolute atomic E-state index is 9.71. The molecule has 0 aliphatic carbocycles. The van der Waals surface area contributed by atoms with E-state index in [9.17, 15) is 5.11 Å². The average Bonchev–Trinajstić information content (AvgIpc) is 2.85. The van der Waals surface area contributed by atoms with Crippen LogP contribution in [0.2, 0.25) is 5.02 Å². The Kier molecular flexibility index (Phi) is 3.78. The van der Waals surface area contributed by atoms with E-state index >= 15 is 0 Å². The van der Waals surface area contributed by atoms with Gasteiger partial charge in [0.15, 0.2) is 0 Å². The number of nitrogens with zero attached hydrogens (tertiary/aromatic N) is 2. The first-order chi connectivity index (χ1) is 10.2. The summed E-state index contributed by atoms with van der Waals surface area (Å²) < 4.78 is 1.92. The zero-order valence-corrected chi connectivity index (χ0v) is 12.4. The lowest BCUT2D eigenvalue weighted by Gasteiger charge is -2.13. The number of para-hydroxylation sites is 1. The molecule has 0 unspecified atom stereocenters. The van der Waals surface area contributed by atoms with Gasteiger partial charge in [-0.1, -0.05) is 54.1 Å². The van der Waals surface area contributed by atoms with Crippen molar-refractivity contribution >= 4 is 11.6 Å². The summed E-state index contributed by atoms with van der Waals surface area (Å²) in [6, 6.07) is 17.5. The monoisotopic (exact) mass is 298 g/mol. The van der Waals surface area contributed by atoms with Crippen molar-refractivity contribution in [3.8, 4) is 17.1 Å². The van der Waals surface area contributed by atoms with Crippen LogP contribution in [-0.4, -0.2) is 14.7 Å². The van der Waals surface area contributed by atoms with Gasteiger partial charge >= 0.3 is 0 Å². The van der Waals surface area contributed by atoms with Crippen LogP contribution in [-0.2, 0) is 6.61 Å². The molecule has 1 N–H and O–H groups in total. The molecule has 21 heavy (non-hydrogen) atoms. The largest absolute Gasteiger partial charge is 0.390 e. The SMILES string of the molecule is Cc1nc(-c2ccccc2)n(-c2ccccc2Cl)c1CO. The van der Waals surface area contributed by atoms with Crippen LogP contribution >= 0.6 is 11.6 Å². The molecule has 1 heterocycles. The predicted molar refractivity (Wildman–Crippen MR) is 84.7 cm³/mol. The molecule has 3 aromatic rings. The summed E-state index contributed by atoms with van der Waals surface area (Å²) in [5.74, 6) is 0.783.